The van der Waals surface area contributed by atoms with Crippen LogP contribution in [0.25, 0.3) is 0 Å². The van der Waals surface area contributed by atoms with Gasteiger partial charge in [0.2, 0.25) is 0 Å². The maximum absolute atomic E-state index is 5.81. The van der Waals surface area contributed by atoms with E-state index in [2.05, 4.69) is 18.0 Å². The van der Waals surface area contributed by atoms with E-state index in [-0.39, 0.29) is 0 Å². The third-order valence-electron chi connectivity index (χ3n) is 1.70. The molecule has 1 aromatic rings. The Bertz CT molecular complexity index is 257. The third kappa shape index (κ3) is 4.46. The van der Waals surface area contributed by atoms with Crippen molar-refractivity contribution in [1.82, 2.24) is 5.32 Å². The molecule has 0 atom stereocenters. The molecule has 0 bridgehead atoms. The first kappa shape index (κ1) is 10.8. The summed E-state index contributed by atoms with van der Waals surface area (Å²) in [6.07, 6.45) is 4.02. The summed E-state index contributed by atoms with van der Waals surface area (Å²) in [7, 11) is 0. The normalized spacial score (nSPS) is 10.2. The second-order valence-corrected chi connectivity index (χ2v) is 4.58. The topological polar surface area (TPSA) is 12.0 Å². The third-order valence-corrected chi connectivity index (χ3v) is 2.99. The molecule has 0 aliphatic carbocycles. The van der Waals surface area contributed by atoms with Crippen LogP contribution in [0.15, 0.2) is 24.8 Å². The van der Waals surface area contributed by atoms with Crippen molar-refractivity contribution >= 4 is 22.9 Å². The fraction of sp³-hybridized carbons (Fsp3) is 0.400. The minimum Gasteiger partial charge on any atom is -0.316 e. The van der Waals surface area contributed by atoms with Gasteiger partial charge in [0.25, 0.3) is 0 Å². The van der Waals surface area contributed by atoms with E-state index in [0.717, 1.165) is 30.3 Å². The molecule has 0 aromatic carbocycles. The van der Waals surface area contributed by atoms with E-state index in [0.29, 0.717) is 0 Å². The van der Waals surface area contributed by atoms with Gasteiger partial charge in [-0.3, -0.25) is 0 Å². The van der Waals surface area contributed by atoms with E-state index in [1.807, 2.05) is 12.1 Å². The average Bonchev–Trinajstić information content (AvgIpc) is 2.51. The van der Waals surface area contributed by atoms with Gasteiger partial charge in [0.1, 0.15) is 0 Å². The molecule has 0 saturated carbocycles. The van der Waals surface area contributed by atoms with Crippen molar-refractivity contribution in [2.75, 3.05) is 13.1 Å². The Labute approximate surface area is 88.4 Å². The standard InChI is InChI=1S/C10H14ClNS/c1-2-3-7-12-8-6-9-4-5-10(11)13-9/h2,4-5,12H,1,3,6-8H2. The largest absolute Gasteiger partial charge is 0.316 e. The number of thiophene rings is 1. The summed E-state index contributed by atoms with van der Waals surface area (Å²) in [4.78, 5) is 1.34. The van der Waals surface area contributed by atoms with Gasteiger partial charge in [0.15, 0.2) is 0 Å². The maximum atomic E-state index is 5.81. The zero-order valence-corrected chi connectivity index (χ0v) is 9.13. The van der Waals surface area contributed by atoms with Crippen LogP contribution in [0.5, 0.6) is 0 Å². The number of nitrogens with one attached hydrogen (secondary N) is 1. The number of hydrogen-bond donors (Lipinski definition) is 1. The summed E-state index contributed by atoms with van der Waals surface area (Å²) >= 11 is 7.46. The van der Waals surface area contributed by atoms with Crippen molar-refractivity contribution in [3.05, 3.63) is 34.0 Å². The SMILES string of the molecule is C=CCCNCCc1ccc(Cl)s1. The molecule has 3 heteroatoms. The van der Waals surface area contributed by atoms with Gasteiger partial charge in [-0.05, 0) is 38.1 Å². The van der Waals surface area contributed by atoms with E-state index in [9.17, 15) is 0 Å². The Balaban J connectivity index is 2.09. The van der Waals surface area contributed by atoms with E-state index in [1.54, 1.807) is 11.3 Å². The molecule has 1 heterocycles. The molecular formula is C10H14ClNS. The van der Waals surface area contributed by atoms with E-state index in [1.165, 1.54) is 4.88 Å². The quantitative estimate of drug-likeness (QED) is 0.568. The van der Waals surface area contributed by atoms with Crippen LogP contribution in [0.2, 0.25) is 4.34 Å². The summed E-state index contributed by atoms with van der Waals surface area (Å²) in [6, 6.07) is 4.04. The first-order valence-electron chi connectivity index (χ1n) is 4.39. The monoisotopic (exact) mass is 215 g/mol. The lowest BCUT2D eigenvalue weighted by Gasteiger charge is -2.00. The molecule has 1 N–H and O–H groups in total. The van der Waals surface area contributed by atoms with E-state index < -0.39 is 0 Å². The molecular weight excluding hydrogens is 202 g/mol. The fourth-order valence-electron chi connectivity index (χ4n) is 1.03. The van der Waals surface area contributed by atoms with Crippen LogP contribution in [0.1, 0.15) is 11.3 Å². The van der Waals surface area contributed by atoms with Crippen LogP contribution in [0.4, 0.5) is 0 Å². The van der Waals surface area contributed by atoms with Crippen molar-refractivity contribution in [2.45, 2.75) is 12.8 Å². The van der Waals surface area contributed by atoms with Crippen molar-refractivity contribution < 1.29 is 0 Å². The summed E-state index contributed by atoms with van der Waals surface area (Å²) < 4.78 is 0.876. The predicted octanol–water partition coefficient (Wildman–Crippen LogP) is 3.11. The minimum absolute atomic E-state index is 0.876. The van der Waals surface area contributed by atoms with Gasteiger partial charge in [0, 0.05) is 4.88 Å². The fourth-order valence-corrected chi connectivity index (χ4v) is 2.11. The van der Waals surface area contributed by atoms with Gasteiger partial charge in [0.05, 0.1) is 4.34 Å². The molecule has 0 saturated heterocycles. The van der Waals surface area contributed by atoms with Crippen LogP contribution in [-0.2, 0) is 6.42 Å². The molecule has 13 heavy (non-hydrogen) atoms. The maximum Gasteiger partial charge on any atom is 0.0931 e. The Morgan fingerprint density at radius 2 is 2.31 bits per heavy atom. The van der Waals surface area contributed by atoms with Gasteiger partial charge >= 0.3 is 0 Å². The van der Waals surface area contributed by atoms with Gasteiger partial charge < -0.3 is 5.32 Å². The van der Waals surface area contributed by atoms with Crippen LogP contribution in [0.3, 0.4) is 0 Å². The Morgan fingerprint density at radius 1 is 1.46 bits per heavy atom. The van der Waals surface area contributed by atoms with Gasteiger partial charge in [-0.25, -0.2) is 0 Å². The molecule has 0 fully saturated rings. The second kappa shape index (κ2) is 6.19. The van der Waals surface area contributed by atoms with E-state index in [4.69, 9.17) is 11.6 Å². The summed E-state index contributed by atoms with van der Waals surface area (Å²) in [5.41, 5.74) is 0. The Kier molecular flexibility index (Phi) is 5.13. The molecule has 1 aromatic heterocycles. The molecule has 1 nitrogen and oxygen atoms in total. The number of hydrogen-bond acceptors (Lipinski definition) is 2. The van der Waals surface area contributed by atoms with Crippen molar-refractivity contribution in [1.29, 1.82) is 0 Å². The number of halogens is 1. The zero-order valence-electron chi connectivity index (χ0n) is 7.55. The van der Waals surface area contributed by atoms with Crippen molar-refractivity contribution in [2.24, 2.45) is 0 Å². The lowest BCUT2D eigenvalue weighted by molar-refractivity contribution is 0.693. The smallest absolute Gasteiger partial charge is 0.0931 e. The molecule has 0 spiro atoms. The van der Waals surface area contributed by atoms with Crippen molar-refractivity contribution in [3.63, 3.8) is 0 Å². The lowest BCUT2D eigenvalue weighted by Crippen LogP contribution is -2.17. The average molecular weight is 216 g/mol. The molecule has 72 valence electrons. The first-order chi connectivity index (χ1) is 6.33. The van der Waals surface area contributed by atoms with Crippen LogP contribution in [0, 0.1) is 0 Å². The van der Waals surface area contributed by atoms with Gasteiger partial charge in [-0.15, -0.1) is 17.9 Å². The van der Waals surface area contributed by atoms with Crippen LogP contribution >= 0.6 is 22.9 Å². The van der Waals surface area contributed by atoms with E-state index >= 15 is 0 Å². The molecule has 0 amide bonds. The zero-order chi connectivity index (χ0) is 9.52. The predicted molar refractivity (Wildman–Crippen MR) is 60.7 cm³/mol. The molecule has 1 rings (SSSR count). The van der Waals surface area contributed by atoms with Crippen LogP contribution < -0.4 is 5.32 Å². The summed E-state index contributed by atoms with van der Waals surface area (Å²) in [5, 5.41) is 3.34. The van der Waals surface area contributed by atoms with Gasteiger partial charge in [-0.2, -0.15) is 0 Å². The highest BCUT2D eigenvalue weighted by atomic mass is 35.5. The molecule has 0 aliphatic rings. The lowest BCUT2D eigenvalue weighted by atomic mass is 10.3. The van der Waals surface area contributed by atoms with Crippen LogP contribution in [-0.4, -0.2) is 13.1 Å². The highest BCUT2D eigenvalue weighted by molar-refractivity contribution is 7.16. The number of rotatable bonds is 6. The van der Waals surface area contributed by atoms with Crippen molar-refractivity contribution in [3.8, 4) is 0 Å². The summed E-state index contributed by atoms with van der Waals surface area (Å²) in [5.74, 6) is 0. The van der Waals surface area contributed by atoms with Gasteiger partial charge in [-0.1, -0.05) is 17.7 Å². The minimum atomic E-state index is 0.876. The molecule has 0 unspecified atom stereocenters. The second-order valence-electron chi connectivity index (χ2n) is 2.78. The Hall–Kier alpha value is -0.310. The summed E-state index contributed by atoms with van der Waals surface area (Å²) in [6.45, 7) is 5.70. The first-order valence-corrected chi connectivity index (χ1v) is 5.58. The highest BCUT2D eigenvalue weighted by Crippen LogP contribution is 2.21. The highest BCUT2D eigenvalue weighted by Gasteiger charge is 1.96. The molecule has 0 aliphatic heterocycles. The molecule has 0 radical (unpaired) electrons. The Morgan fingerprint density at radius 3 is 2.92 bits per heavy atom.